The molecule has 0 atom stereocenters. The van der Waals surface area contributed by atoms with Crippen LogP contribution in [0, 0.1) is 5.92 Å². The molecule has 164 valence electrons. The number of pyridine rings is 2. The van der Waals surface area contributed by atoms with Gasteiger partial charge in [-0.05, 0) is 77.2 Å². The SMILES string of the molecule is O=C(O)CC1CCC(c2ccc(-c3ccc(NC(=O)c4cncc(Br)c4)cn3)cc2)CC1. The fourth-order valence-corrected chi connectivity index (χ4v) is 4.62. The summed E-state index contributed by atoms with van der Waals surface area (Å²) in [5.41, 5.74) is 4.24. The number of nitrogens with one attached hydrogen (secondary N) is 1. The number of carbonyl (C=O) groups is 2. The normalized spacial score (nSPS) is 18.2. The Labute approximate surface area is 195 Å². The first-order valence-corrected chi connectivity index (χ1v) is 11.5. The number of carboxylic acids is 1. The average molecular weight is 494 g/mol. The smallest absolute Gasteiger partial charge is 0.303 e. The molecule has 7 heteroatoms. The third-order valence-corrected chi connectivity index (χ3v) is 6.41. The number of hydrogen-bond donors (Lipinski definition) is 2. The number of carbonyl (C=O) groups excluding carboxylic acids is 1. The van der Waals surface area contributed by atoms with Crippen LogP contribution in [0.15, 0.2) is 65.5 Å². The van der Waals surface area contributed by atoms with Gasteiger partial charge >= 0.3 is 5.97 Å². The summed E-state index contributed by atoms with van der Waals surface area (Å²) >= 11 is 3.32. The van der Waals surface area contributed by atoms with Crippen molar-refractivity contribution in [1.29, 1.82) is 0 Å². The van der Waals surface area contributed by atoms with E-state index in [0.717, 1.165) is 41.4 Å². The molecule has 6 nitrogen and oxygen atoms in total. The highest BCUT2D eigenvalue weighted by Crippen LogP contribution is 2.37. The van der Waals surface area contributed by atoms with Crippen molar-refractivity contribution in [3.8, 4) is 11.3 Å². The molecule has 0 spiro atoms. The molecule has 3 aromatic rings. The summed E-state index contributed by atoms with van der Waals surface area (Å²) in [5.74, 6) is -0.130. The van der Waals surface area contributed by atoms with Gasteiger partial charge in [-0.2, -0.15) is 0 Å². The summed E-state index contributed by atoms with van der Waals surface area (Å²) in [4.78, 5) is 31.8. The maximum atomic E-state index is 12.4. The maximum absolute atomic E-state index is 12.4. The molecule has 0 radical (unpaired) electrons. The molecule has 1 saturated carbocycles. The number of rotatable bonds is 6. The molecule has 0 aliphatic heterocycles. The Balaban J connectivity index is 1.36. The second-order valence-electron chi connectivity index (χ2n) is 8.22. The number of aliphatic carboxylic acids is 1. The van der Waals surface area contributed by atoms with E-state index in [9.17, 15) is 9.59 Å². The lowest BCUT2D eigenvalue weighted by Gasteiger charge is -2.28. The van der Waals surface area contributed by atoms with E-state index >= 15 is 0 Å². The van der Waals surface area contributed by atoms with Crippen molar-refractivity contribution >= 4 is 33.5 Å². The minimum Gasteiger partial charge on any atom is -0.481 e. The number of aromatic nitrogens is 2. The molecule has 0 bridgehead atoms. The highest BCUT2D eigenvalue weighted by atomic mass is 79.9. The quantitative estimate of drug-likeness (QED) is 0.445. The molecule has 1 aliphatic carbocycles. The topological polar surface area (TPSA) is 92.2 Å². The number of carboxylic acid groups (broad SMARTS) is 1. The van der Waals surface area contributed by atoms with Crippen molar-refractivity contribution < 1.29 is 14.7 Å². The highest BCUT2D eigenvalue weighted by Gasteiger charge is 2.24. The third kappa shape index (κ3) is 5.59. The van der Waals surface area contributed by atoms with E-state index in [-0.39, 0.29) is 12.3 Å². The van der Waals surface area contributed by atoms with Crippen molar-refractivity contribution in [1.82, 2.24) is 9.97 Å². The van der Waals surface area contributed by atoms with Gasteiger partial charge < -0.3 is 10.4 Å². The van der Waals surface area contributed by atoms with Crippen LogP contribution in [-0.4, -0.2) is 27.0 Å². The first-order valence-electron chi connectivity index (χ1n) is 10.7. The molecule has 32 heavy (non-hydrogen) atoms. The lowest BCUT2D eigenvalue weighted by atomic mass is 9.77. The maximum Gasteiger partial charge on any atom is 0.303 e. The van der Waals surface area contributed by atoms with Crippen molar-refractivity contribution in [2.24, 2.45) is 5.92 Å². The van der Waals surface area contributed by atoms with Crippen LogP contribution < -0.4 is 5.32 Å². The monoisotopic (exact) mass is 493 g/mol. The predicted octanol–water partition coefficient (Wildman–Crippen LogP) is 5.91. The average Bonchev–Trinajstić information content (AvgIpc) is 2.80. The second-order valence-corrected chi connectivity index (χ2v) is 9.13. The van der Waals surface area contributed by atoms with Crippen LogP contribution in [0.1, 0.15) is 53.9 Å². The van der Waals surface area contributed by atoms with E-state index in [1.54, 1.807) is 18.5 Å². The van der Waals surface area contributed by atoms with Crippen LogP contribution in [0.4, 0.5) is 5.69 Å². The molecular formula is C25H24BrN3O3. The molecule has 1 aliphatic rings. The van der Waals surface area contributed by atoms with E-state index < -0.39 is 5.97 Å². The lowest BCUT2D eigenvalue weighted by Crippen LogP contribution is -2.16. The van der Waals surface area contributed by atoms with Gasteiger partial charge in [0.1, 0.15) is 0 Å². The van der Waals surface area contributed by atoms with Gasteiger partial charge in [0.2, 0.25) is 0 Å². The van der Waals surface area contributed by atoms with E-state index in [1.165, 1.54) is 11.8 Å². The molecule has 2 aromatic heterocycles. The van der Waals surface area contributed by atoms with Crippen molar-refractivity contribution in [3.05, 3.63) is 76.7 Å². The zero-order chi connectivity index (χ0) is 22.5. The minimum atomic E-state index is -0.693. The molecule has 4 rings (SSSR count). The summed E-state index contributed by atoms with van der Waals surface area (Å²) in [6, 6.07) is 13.9. The summed E-state index contributed by atoms with van der Waals surface area (Å²) < 4.78 is 0.746. The van der Waals surface area contributed by atoms with Crippen LogP contribution in [0.5, 0.6) is 0 Å². The number of halogens is 1. The molecular weight excluding hydrogens is 470 g/mol. The Kier molecular flexibility index (Phi) is 6.95. The van der Waals surface area contributed by atoms with Gasteiger partial charge in [-0.1, -0.05) is 24.3 Å². The highest BCUT2D eigenvalue weighted by molar-refractivity contribution is 9.10. The standard InChI is InChI=1S/C25H24BrN3O3/c26-21-12-20(13-27-14-21)25(32)29-22-9-10-23(28-15-22)19-7-5-18(6-8-19)17-3-1-16(2-4-17)11-24(30)31/h5-10,12-17H,1-4,11H2,(H,29,32)(H,30,31). The number of nitrogens with zero attached hydrogens (tertiary/aromatic N) is 2. The van der Waals surface area contributed by atoms with Crippen molar-refractivity contribution in [2.45, 2.75) is 38.0 Å². The van der Waals surface area contributed by atoms with Crippen LogP contribution in [0.25, 0.3) is 11.3 Å². The molecule has 1 fully saturated rings. The summed E-state index contributed by atoms with van der Waals surface area (Å²) in [7, 11) is 0. The third-order valence-electron chi connectivity index (χ3n) is 5.98. The van der Waals surface area contributed by atoms with Gasteiger partial charge in [0.05, 0.1) is 23.1 Å². The van der Waals surface area contributed by atoms with Crippen molar-refractivity contribution in [2.75, 3.05) is 5.32 Å². The fraction of sp³-hybridized carbons (Fsp3) is 0.280. The predicted molar refractivity (Wildman–Crippen MR) is 127 cm³/mol. The second kappa shape index (κ2) is 10.0. The van der Waals surface area contributed by atoms with Gasteiger partial charge in [0, 0.05) is 28.9 Å². The van der Waals surface area contributed by atoms with Gasteiger partial charge in [-0.15, -0.1) is 0 Å². The number of amides is 1. The first kappa shape index (κ1) is 22.1. The lowest BCUT2D eigenvalue weighted by molar-refractivity contribution is -0.138. The van der Waals surface area contributed by atoms with Crippen molar-refractivity contribution in [3.63, 3.8) is 0 Å². The Hall–Kier alpha value is -3.06. The van der Waals surface area contributed by atoms with Crippen LogP contribution in [-0.2, 0) is 4.79 Å². The zero-order valence-electron chi connectivity index (χ0n) is 17.5. The van der Waals surface area contributed by atoms with E-state index in [0.29, 0.717) is 23.1 Å². The minimum absolute atomic E-state index is 0.240. The van der Waals surface area contributed by atoms with Crippen LogP contribution >= 0.6 is 15.9 Å². The Morgan fingerprint density at radius 3 is 2.38 bits per heavy atom. The molecule has 0 unspecified atom stereocenters. The number of anilines is 1. The van der Waals surface area contributed by atoms with Gasteiger partial charge in [0.25, 0.3) is 5.91 Å². The molecule has 1 aromatic carbocycles. The number of hydrogen-bond acceptors (Lipinski definition) is 4. The fourth-order valence-electron chi connectivity index (χ4n) is 4.25. The summed E-state index contributed by atoms with van der Waals surface area (Å²) in [5, 5.41) is 11.8. The first-order chi connectivity index (χ1) is 15.5. The van der Waals surface area contributed by atoms with E-state index in [1.807, 2.05) is 12.1 Å². The van der Waals surface area contributed by atoms with E-state index in [2.05, 4.69) is 55.5 Å². The molecule has 1 amide bonds. The Bertz CT molecular complexity index is 1090. The van der Waals surface area contributed by atoms with Gasteiger partial charge in [-0.25, -0.2) is 0 Å². The van der Waals surface area contributed by atoms with Gasteiger partial charge in [0.15, 0.2) is 0 Å². The number of benzene rings is 1. The Morgan fingerprint density at radius 1 is 1.00 bits per heavy atom. The largest absolute Gasteiger partial charge is 0.481 e. The zero-order valence-corrected chi connectivity index (χ0v) is 19.1. The van der Waals surface area contributed by atoms with Crippen LogP contribution in [0.3, 0.4) is 0 Å². The summed E-state index contributed by atoms with van der Waals surface area (Å²) in [6.45, 7) is 0. The molecule has 0 saturated heterocycles. The van der Waals surface area contributed by atoms with Gasteiger partial charge in [-0.3, -0.25) is 19.6 Å². The Morgan fingerprint density at radius 2 is 1.75 bits per heavy atom. The van der Waals surface area contributed by atoms with E-state index in [4.69, 9.17) is 5.11 Å². The summed E-state index contributed by atoms with van der Waals surface area (Å²) in [6.07, 6.45) is 9.11. The molecule has 2 heterocycles. The van der Waals surface area contributed by atoms with Crippen LogP contribution in [0.2, 0.25) is 0 Å². The molecule has 2 N–H and O–H groups in total.